The standard InChI is InChI=1S/C27H26ClN3O2.C2H6/c1-33-23-15-21-5-4-20-14-22(28)6-7-24(20)26(27(21)30-17-23)19-8-11-31(12-9-19)25(32)13-18-3-2-10-29-16-18;1-2/h2-3,6-7,10,14-17H,4-5,8-9,11-13H2,1H3;1-2H3. The Morgan fingerprint density at radius 3 is 2.51 bits per heavy atom. The first-order valence-electron chi connectivity index (χ1n) is 12.3. The van der Waals surface area contributed by atoms with E-state index in [2.05, 4.69) is 23.2 Å². The van der Waals surface area contributed by atoms with Gasteiger partial charge in [-0.2, -0.15) is 0 Å². The van der Waals surface area contributed by atoms with E-state index in [4.69, 9.17) is 21.3 Å². The normalized spacial score (nSPS) is 14.8. The van der Waals surface area contributed by atoms with Crippen LogP contribution in [0.1, 0.15) is 54.6 Å². The van der Waals surface area contributed by atoms with E-state index in [1.54, 1.807) is 25.7 Å². The van der Waals surface area contributed by atoms with Crippen molar-refractivity contribution in [3.63, 3.8) is 0 Å². The fraction of sp³-hybridized carbons (Fsp3) is 0.345. The topological polar surface area (TPSA) is 55.3 Å². The molecule has 1 aromatic carbocycles. The number of nitrogens with zero attached hydrogens (tertiary/aromatic N) is 3. The first-order chi connectivity index (χ1) is 17.1. The molecule has 2 aromatic heterocycles. The molecule has 1 aliphatic heterocycles. The van der Waals surface area contributed by atoms with Crippen molar-refractivity contribution < 1.29 is 9.53 Å². The zero-order chi connectivity index (χ0) is 24.8. The highest BCUT2D eigenvalue weighted by molar-refractivity contribution is 6.30. The highest BCUT2D eigenvalue weighted by atomic mass is 35.5. The largest absolute Gasteiger partial charge is 0.495 e. The van der Waals surface area contributed by atoms with Gasteiger partial charge in [0.05, 0.1) is 25.4 Å². The number of piperidine rings is 1. The molecule has 0 atom stereocenters. The zero-order valence-electron chi connectivity index (χ0n) is 20.7. The summed E-state index contributed by atoms with van der Waals surface area (Å²) in [6, 6.07) is 12.1. The lowest BCUT2D eigenvalue weighted by atomic mass is 9.88. The summed E-state index contributed by atoms with van der Waals surface area (Å²) in [6.45, 7) is 5.43. The molecule has 0 spiro atoms. The minimum absolute atomic E-state index is 0.156. The third-order valence-corrected chi connectivity index (χ3v) is 6.80. The van der Waals surface area contributed by atoms with Gasteiger partial charge in [-0.1, -0.05) is 43.2 Å². The number of benzene rings is 1. The molecule has 2 aliphatic rings. The zero-order valence-corrected chi connectivity index (χ0v) is 21.4. The highest BCUT2D eigenvalue weighted by Crippen LogP contribution is 2.39. The summed E-state index contributed by atoms with van der Waals surface area (Å²) in [5.41, 5.74) is 8.19. The van der Waals surface area contributed by atoms with Crippen LogP contribution >= 0.6 is 11.6 Å². The smallest absolute Gasteiger partial charge is 0.227 e. The van der Waals surface area contributed by atoms with Crippen molar-refractivity contribution in [2.75, 3.05) is 20.2 Å². The van der Waals surface area contributed by atoms with Crippen LogP contribution < -0.4 is 4.74 Å². The van der Waals surface area contributed by atoms with E-state index >= 15 is 0 Å². The summed E-state index contributed by atoms with van der Waals surface area (Å²) < 4.78 is 5.44. The number of hydrogen-bond acceptors (Lipinski definition) is 4. The number of rotatable bonds is 3. The molecule has 0 bridgehead atoms. The highest BCUT2D eigenvalue weighted by Gasteiger charge is 2.27. The van der Waals surface area contributed by atoms with E-state index in [0.717, 1.165) is 47.7 Å². The van der Waals surface area contributed by atoms with E-state index in [1.807, 2.05) is 36.9 Å². The van der Waals surface area contributed by atoms with Gasteiger partial charge in [0.1, 0.15) is 5.75 Å². The van der Waals surface area contributed by atoms with Crippen molar-refractivity contribution in [3.8, 4) is 5.75 Å². The minimum Gasteiger partial charge on any atom is -0.495 e. The Balaban J connectivity index is 0.00000141. The van der Waals surface area contributed by atoms with Crippen molar-refractivity contribution in [3.05, 3.63) is 93.5 Å². The van der Waals surface area contributed by atoms with Crippen molar-refractivity contribution in [2.45, 2.75) is 46.0 Å². The fourth-order valence-electron chi connectivity index (χ4n) is 4.85. The quantitative estimate of drug-likeness (QED) is 0.457. The van der Waals surface area contributed by atoms with Gasteiger partial charge >= 0.3 is 0 Å². The van der Waals surface area contributed by atoms with Crippen LogP contribution in [0.15, 0.2) is 60.6 Å². The second kappa shape index (κ2) is 11.5. The molecule has 5 rings (SSSR count). The van der Waals surface area contributed by atoms with Gasteiger partial charge in [-0.15, -0.1) is 0 Å². The average Bonchev–Trinajstić information content (AvgIpc) is 3.06. The molecular formula is C29H32ClN3O2. The Morgan fingerprint density at radius 2 is 1.80 bits per heavy atom. The maximum Gasteiger partial charge on any atom is 0.227 e. The number of amides is 1. The van der Waals surface area contributed by atoms with Crippen LogP contribution in [0.3, 0.4) is 0 Å². The predicted octanol–water partition coefficient (Wildman–Crippen LogP) is 5.93. The van der Waals surface area contributed by atoms with E-state index in [-0.39, 0.29) is 5.91 Å². The molecule has 0 N–H and O–H groups in total. The average molecular weight is 490 g/mol. The van der Waals surface area contributed by atoms with Gasteiger partial charge in [-0.25, -0.2) is 0 Å². The molecule has 1 amide bonds. The van der Waals surface area contributed by atoms with Gasteiger partial charge < -0.3 is 9.64 Å². The van der Waals surface area contributed by atoms with Crippen molar-refractivity contribution in [1.29, 1.82) is 0 Å². The van der Waals surface area contributed by atoms with Crippen LogP contribution in [-0.2, 0) is 24.1 Å². The van der Waals surface area contributed by atoms with Crippen LogP contribution in [0.25, 0.3) is 5.57 Å². The van der Waals surface area contributed by atoms with Gasteiger partial charge in [0.25, 0.3) is 0 Å². The van der Waals surface area contributed by atoms with Gasteiger partial charge in [-0.05, 0) is 72.2 Å². The van der Waals surface area contributed by atoms with Crippen LogP contribution in [0.4, 0.5) is 0 Å². The van der Waals surface area contributed by atoms with Crippen molar-refractivity contribution >= 4 is 23.1 Å². The molecule has 5 nitrogen and oxygen atoms in total. The summed E-state index contributed by atoms with van der Waals surface area (Å²) in [5.74, 6) is 0.932. The first-order valence-corrected chi connectivity index (χ1v) is 12.7. The number of aryl methyl sites for hydroxylation is 2. The Labute approximate surface area is 212 Å². The molecule has 3 heterocycles. The van der Waals surface area contributed by atoms with E-state index in [1.165, 1.54) is 27.8 Å². The van der Waals surface area contributed by atoms with E-state index in [9.17, 15) is 4.79 Å². The number of likely N-dealkylation sites (tertiary alicyclic amines) is 1. The molecule has 1 fully saturated rings. The molecule has 182 valence electrons. The maximum absolute atomic E-state index is 12.9. The van der Waals surface area contributed by atoms with Crippen LogP contribution in [0.5, 0.6) is 5.75 Å². The molecule has 0 unspecified atom stereocenters. The maximum atomic E-state index is 12.9. The molecule has 35 heavy (non-hydrogen) atoms. The Kier molecular flexibility index (Phi) is 8.19. The van der Waals surface area contributed by atoms with E-state index in [0.29, 0.717) is 19.5 Å². The van der Waals surface area contributed by atoms with Gasteiger partial charge in [-0.3, -0.25) is 14.8 Å². The molecule has 3 aromatic rings. The number of carbonyl (C=O) groups is 1. The van der Waals surface area contributed by atoms with Gasteiger partial charge in [0.2, 0.25) is 5.91 Å². The third kappa shape index (κ3) is 5.57. The van der Waals surface area contributed by atoms with Gasteiger partial charge in [0, 0.05) is 36.1 Å². The molecule has 1 aliphatic carbocycles. The number of hydrogen-bond donors (Lipinski definition) is 0. The van der Waals surface area contributed by atoms with Gasteiger partial charge in [0.15, 0.2) is 0 Å². The van der Waals surface area contributed by atoms with Crippen LogP contribution in [0.2, 0.25) is 5.02 Å². The number of carbonyl (C=O) groups excluding carboxylic acids is 1. The summed E-state index contributed by atoms with van der Waals surface area (Å²) in [4.78, 5) is 23.8. The molecule has 0 saturated carbocycles. The fourth-order valence-corrected chi connectivity index (χ4v) is 5.04. The molecular weight excluding hydrogens is 458 g/mol. The number of pyridine rings is 2. The predicted molar refractivity (Wildman–Crippen MR) is 141 cm³/mol. The third-order valence-electron chi connectivity index (χ3n) is 6.57. The minimum atomic E-state index is 0.156. The van der Waals surface area contributed by atoms with E-state index < -0.39 is 0 Å². The number of aromatic nitrogens is 2. The summed E-state index contributed by atoms with van der Waals surface area (Å²) in [6.07, 6.45) is 9.15. The summed E-state index contributed by atoms with van der Waals surface area (Å²) in [5, 5.41) is 0.755. The number of halogens is 1. The lowest BCUT2D eigenvalue weighted by molar-refractivity contribution is -0.130. The van der Waals surface area contributed by atoms with Crippen molar-refractivity contribution in [1.82, 2.24) is 14.9 Å². The second-order valence-electron chi connectivity index (χ2n) is 8.58. The molecule has 6 heteroatoms. The lowest BCUT2D eigenvalue weighted by Crippen LogP contribution is -2.37. The number of methoxy groups -OCH3 is 1. The molecule has 1 saturated heterocycles. The lowest BCUT2D eigenvalue weighted by Gasteiger charge is -2.30. The SMILES string of the molecule is CC.COc1cnc2c(c1)CCc1cc(Cl)ccc1C2=C1CCN(C(=O)Cc2cccnc2)CC1. The molecule has 0 radical (unpaired) electrons. The number of fused-ring (bicyclic) bond motifs is 2. The Hall–Kier alpha value is -3.18. The Morgan fingerprint density at radius 1 is 1.03 bits per heavy atom. The Bertz CT molecular complexity index is 1210. The summed E-state index contributed by atoms with van der Waals surface area (Å²) >= 11 is 6.34. The monoisotopic (exact) mass is 489 g/mol. The number of ether oxygens (including phenoxy) is 1. The van der Waals surface area contributed by atoms with Crippen molar-refractivity contribution in [2.24, 2.45) is 0 Å². The summed E-state index contributed by atoms with van der Waals surface area (Å²) in [7, 11) is 1.67. The van der Waals surface area contributed by atoms with Crippen LogP contribution in [0, 0.1) is 0 Å². The van der Waals surface area contributed by atoms with Crippen LogP contribution in [-0.4, -0.2) is 41.0 Å². The second-order valence-corrected chi connectivity index (χ2v) is 9.02. The first kappa shape index (κ1) is 24.9.